The molecule has 0 radical (unpaired) electrons. The second-order valence-electron chi connectivity index (χ2n) is 8.31. The summed E-state index contributed by atoms with van der Waals surface area (Å²) in [7, 11) is 0. The first kappa shape index (κ1) is 18.6. The van der Waals surface area contributed by atoms with E-state index in [4.69, 9.17) is 5.73 Å². The number of hydrogen-bond acceptors (Lipinski definition) is 1. The number of H-pyrrole nitrogens is 2. The van der Waals surface area contributed by atoms with Crippen molar-refractivity contribution < 1.29 is 0 Å². The van der Waals surface area contributed by atoms with Crippen molar-refractivity contribution in [3.63, 3.8) is 0 Å². The molecule has 4 N–H and O–H groups in total. The molecule has 30 heavy (non-hydrogen) atoms. The van der Waals surface area contributed by atoms with Crippen LogP contribution in [0.3, 0.4) is 0 Å². The number of nitrogen functional groups attached to an aromatic ring is 1. The molecule has 1 unspecified atom stereocenters. The van der Waals surface area contributed by atoms with Crippen LogP contribution in [0.25, 0.3) is 21.8 Å². The summed E-state index contributed by atoms with van der Waals surface area (Å²) in [4.78, 5) is 7.49. The fourth-order valence-electron chi connectivity index (χ4n) is 4.98. The lowest BCUT2D eigenvalue weighted by Gasteiger charge is -2.26. The van der Waals surface area contributed by atoms with E-state index in [0.717, 1.165) is 5.69 Å². The van der Waals surface area contributed by atoms with Crippen LogP contribution in [0.1, 0.15) is 46.8 Å². The van der Waals surface area contributed by atoms with E-state index < -0.39 is 0 Å². The Morgan fingerprint density at radius 3 is 1.63 bits per heavy atom. The highest BCUT2D eigenvalue weighted by atomic mass is 14.8. The van der Waals surface area contributed by atoms with E-state index in [-0.39, 0.29) is 11.8 Å². The fourth-order valence-corrected chi connectivity index (χ4v) is 4.98. The maximum atomic E-state index is 6.42. The third-order valence-corrected chi connectivity index (χ3v) is 6.62. The molecule has 2 heterocycles. The number of aryl methyl sites for hydroxylation is 2. The van der Waals surface area contributed by atoms with Gasteiger partial charge in [-0.25, -0.2) is 0 Å². The molecule has 0 saturated carbocycles. The molecular formula is C27H27N3. The molecule has 0 saturated heterocycles. The van der Waals surface area contributed by atoms with E-state index in [1.165, 1.54) is 49.9 Å². The zero-order chi connectivity index (χ0) is 20.8. The number of fused-ring (bicyclic) bond motifs is 2. The number of aromatic nitrogens is 2. The molecule has 0 aliphatic heterocycles. The van der Waals surface area contributed by atoms with E-state index in [1.54, 1.807) is 0 Å². The number of hydrogen-bond donors (Lipinski definition) is 3. The van der Waals surface area contributed by atoms with Crippen molar-refractivity contribution >= 4 is 27.5 Å². The minimum absolute atomic E-state index is 0.134. The van der Waals surface area contributed by atoms with E-state index in [1.807, 2.05) is 12.1 Å². The standard InChI is InChI=1S/C27H27N3/c1-16(19-10-4-7-13-22(19)28)25(26-17(2)20-11-5-8-14-23(20)29-26)27-18(3)21-12-6-9-15-24(21)30-27/h4-16,25,29-30H,28H2,1-3H3. The molecule has 5 rings (SSSR count). The van der Waals surface area contributed by atoms with Gasteiger partial charge in [-0.1, -0.05) is 61.5 Å². The number of nitrogens with one attached hydrogen (secondary N) is 2. The van der Waals surface area contributed by atoms with E-state index >= 15 is 0 Å². The normalized spacial score (nSPS) is 12.8. The molecule has 0 aliphatic rings. The molecule has 3 aromatic carbocycles. The number of anilines is 1. The van der Waals surface area contributed by atoms with Crippen LogP contribution >= 0.6 is 0 Å². The van der Waals surface area contributed by atoms with Crippen molar-refractivity contribution in [2.45, 2.75) is 32.6 Å². The van der Waals surface area contributed by atoms with Crippen LogP contribution in [0.15, 0.2) is 72.8 Å². The Morgan fingerprint density at radius 2 is 1.13 bits per heavy atom. The maximum absolute atomic E-state index is 6.42. The number of para-hydroxylation sites is 3. The third kappa shape index (κ3) is 2.81. The molecule has 3 nitrogen and oxygen atoms in total. The molecule has 2 aromatic heterocycles. The molecule has 3 heteroatoms. The number of benzene rings is 3. The molecule has 150 valence electrons. The van der Waals surface area contributed by atoms with Crippen LogP contribution in [0, 0.1) is 13.8 Å². The smallest absolute Gasteiger partial charge is 0.0464 e. The second kappa shape index (κ2) is 7.10. The van der Waals surface area contributed by atoms with Crippen LogP contribution in [-0.4, -0.2) is 9.97 Å². The molecule has 0 spiro atoms. The molecule has 0 aliphatic carbocycles. The van der Waals surface area contributed by atoms with Crippen LogP contribution < -0.4 is 5.73 Å². The Hall–Kier alpha value is -3.46. The van der Waals surface area contributed by atoms with E-state index in [9.17, 15) is 0 Å². The lowest BCUT2D eigenvalue weighted by atomic mass is 9.80. The first-order valence-corrected chi connectivity index (χ1v) is 10.5. The quantitative estimate of drug-likeness (QED) is 0.289. The molecule has 1 atom stereocenters. The first-order valence-electron chi connectivity index (χ1n) is 10.5. The Balaban J connectivity index is 1.78. The SMILES string of the molecule is Cc1c(C(c2[nH]c3ccccc3c2C)C(C)c2ccccc2N)[nH]c2ccccc12. The number of nitrogens with two attached hydrogens (primary N) is 1. The Bertz CT molecular complexity index is 1280. The van der Waals surface area contributed by atoms with E-state index in [0.29, 0.717) is 0 Å². The summed E-state index contributed by atoms with van der Waals surface area (Å²) >= 11 is 0. The van der Waals surface area contributed by atoms with E-state index in [2.05, 4.69) is 91.4 Å². The Kier molecular flexibility index (Phi) is 4.39. The van der Waals surface area contributed by atoms with Gasteiger partial charge in [0.15, 0.2) is 0 Å². The maximum Gasteiger partial charge on any atom is 0.0464 e. The van der Waals surface area contributed by atoms with Crippen LogP contribution in [0.5, 0.6) is 0 Å². The van der Waals surface area contributed by atoms with Gasteiger partial charge in [0.2, 0.25) is 0 Å². The van der Waals surface area contributed by atoms with Gasteiger partial charge in [0.05, 0.1) is 0 Å². The third-order valence-electron chi connectivity index (χ3n) is 6.62. The van der Waals surface area contributed by atoms with Crippen LogP contribution in [0.2, 0.25) is 0 Å². The molecule has 0 fully saturated rings. The van der Waals surface area contributed by atoms with Gasteiger partial charge in [0, 0.05) is 44.8 Å². The number of aromatic amines is 2. The van der Waals surface area contributed by atoms with Gasteiger partial charge >= 0.3 is 0 Å². The highest BCUT2D eigenvalue weighted by Crippen LogP contribution is 2.44. The summed E-state index contributed by atoms with van der Waals surface area (Å²) in [6.07, 6.45) is 0. The molecule has 0 amide bonds. The summed E-state index contributed by atoms with van der Waals surface area (Å²) in [5.41, 5.74) is 15.9. The van der Waals surface area contributed by atoms with Gasteiger partial charge in [-0.15, -0.1) is 0 Å². The van der Waals surface area contributed by atoms with Crippen molar-refractivity contribution in [3.05, 3.63) is 101 Å². The predicted octanol–water partition coefficient (Wildman–Crippen LogP) is 6.78. The van der Waals surface area contributed by atoms with Crippen LogP contribution in [-0.2, 0) is 0 Å². The van der Waals surface area contributed by atoms with Crippen molar-refractivity contribution in [1.29, 1.82) is 0 Å². The summed E-state index contributed by atoms with van der Waals surface area (Å²) in [6.45, 7) is 6.73. The van der Waals surface area contributed by atoms with Crippen molar-refractivity contribution in [3.8, 4) is 0 Å². The van der Waals surface area contributed by atoms with Crippen molar-refractivity contribution in [2.24, 2.45) is 0 Å². The largest absolute Gasteiger partial charge is 0.398 e. The second-order valence-corrected chi connectivity index (χ2v) is 8.31. The van der Waals surface area contributed by atoms with Gasteiger partial charge in [0.1, 0.15) is 0 Å². The Labute approximate surface area is 176 Å². The van der Waals surface area contributed by atoms with Gasteiger partial charge in [0.25, 0.3) is 0 Å². The monoisotopic (exact) mass is 393 g/mol. The average Bonchev–Trinajstić information content (AvgIpc) is 3.27. The summed E-state index contributed by atoms with van der Waals surface area (Å²) in [5, 5.41) is 2.55. The minimum Gasteiger partial charge on any atom is -0.398 e. The lowest BCUT2D eigenvalue weighted by molar-refractivity contribution is 0.629. The topological polar surface area (TPSA) is 57.6 Å². The summed E-state index contributed by atoms with van der Waals surface area (Å²) in [5.74, 6) is 0.333. The highest BCUT2D eigenvalue weighted by molar-refractivity contribution is 5.87. The van der Waals surface area contributed by atoms with Gasteiger partial charge in [-0.3, -0.25) is 0 Å². The molecule has 5 aromatic rings. The molecule has 0 bridgehead atoms. The zero-order valence-electron chi connectivity index (χ0n) is 17.7. The van der Waals surface area contributed by atoms with Crippen LogP contribution in [0.4, 0.5) is 5.69 Å². The first-order chi connectivity index (χ1) is 14.6. The minimum atomic E-state index is 0.134. The van der Waals surface area contributed by atoms with Crippen molar-refractivity contribution in [2.75, 3.05) is 5.73 Å². The summed E-state index contributed by atoms with van der Waals surface area (Å²) < 4.78 is 0. The highest BCUT2D eigenvalue weighted by Gasteiger charge is 2.30. The average molecular weight is 394 g/mol. The molecular weight excluding hydrogens is 366 g/mol. The fraction of sp³-hybridized carbons (Fsp3) is 0.185. The zero-order valence-corrected chi connectivity index (χ0v) is 17.7. The Morgan fingerprint density at radius 1 is 0.667 bits per heavy atom. The van der Waals surface area contributed by atoms with Gasteiger partial charge in [-0.2, -0.15) is 0 Å². The summed E-state index contributed by atoms with van der Waals surface area (Å²) in [6, 6.07) is 25.3. The van der Waals surface area contributed by atoms with Gasteiger partial charge < -0.3 is 15.7 Å². The van der Waals surface area contributed by atoms with Crippen molar-refractivity contribution in [1.82, 2.24) is 9.97 Å². The lowest BCUT2D eigenvalue weighted by Crippen LogP contribution is -2.14. The number of rotatable bonds is 4. The van der Waals surface area contributed by atoms with Gasteiger partial charge in [-0.05, 0) is 54.7 Å². The predicted molar refractivity (Wildman–Crippen MR) is 127 cm³/mol.